The van der Waals surface area contributed by atoms with Crippen LogP contribution in [0.25, 0.3) is 0 Å². The van der Waals surface area contributed by atoms with Gasteiger partial charge in [0, 0.05) is 0 Å². The molecule has 1 aromatic carbocycles. The number of hydrogen-bond acceptors (Lipinski definition) is 4. The molecule has 0 aliphatic heterocycles. The second-order valence-electron chi connectivity index (χ2n) is 5.27. The molecule has 0 radical (unpaired) electrons. The van der Waals surface area contributed by atoms with Crippen molar-refractivity contribution in [3.05, 3.63) is 30.3 Å². The van der Waals surface area contributed by atoms with Crippen LogP contribution in [-0.2, 0) is 50.1 Å². The zero-order valence-corrected chi connectivity index (χ0v) is 17.4. The first-order valence-electron chi connectivity index (χ1n) is 8.21. The van der Waals surface area contributed by atoms with Gasteiger partial charge >= 0.3 is 26.2 Å². The summed E-state index contributed by atoms with van der Waals surface area (Å²) in [6.07, 6.45) is 14.4. The van der Waals surface area contributed by atoms with Crippen LogP contribution in [0.3, 0.4) is 0 Å². The van der Waals surface area contributed by atoms with Crippen molar-refractivity contribution in [3.63, 3.8) is 0 Å². The van der Waals surface area contributed by atoms with E-state index in [1.165, 1.54) is 51.4 Å². The second kappa shape index (κ2) is 19.8. The predicted molar refractivity (Wildman–Crippen MR) is 91.0 cm³/mol. The Labute approximate surface area is 162 Å². The van der Waals surface area contributed by atoms with Crippen LogP contribution >= 0.6 is 0 Å². The van der Waals surface area contributed by atoms with Crippen LogP contribution in [0.1, 0.15) is 71.1 Å². The summed E-state index contributed by atoms with van der Waals surface area (Å²) < 4.78 is 20.4. The zero-order chi connectivity index (χ0) is 16.5. The van der Waals surface area contributed by atoms with Crippen molar-refractivity contribution in [3.8, 4) is 0 Å². The molecule has 0 aromatic heterocycles. The van der Waals surface area contributed by atoms with E-state index >= 15 is 0 Å². The van der Waals surface area contributed by atoms with E-state index in [0.29, 0.717) is 11.3 Å². The fraction of sp³-hybridized carbons (Fsp3) is 0.611. The number of rotatable bonds is 11. The second-order valence-corrected chi connectivity index (χ2v) is 6.21. The fourth-order valence-electron chi connectivity index (χ4n) is 2.04. The van der Waals surface area contributed by atoms with Crippen LogP contribution in [0, 0.1) is 0 Å². The minimum Gasteiger partial charge on any atom is -0.542 e. The van der Waals surface area contributed by atoms with Crippen molar-refractivity contribution in [1.82, 2.24) is 0 Å². The predicted octanol–water partition coefficient (Wildman–Crippen LogP) is 5.37. The smallest absolute Gasteiger partial charge is 0.542 e. The van der Waals surface area contributed by atoms with E-state index in [1.54, 1.807) is 30.3 Å². The molecule has 5 heteroatoms. The monoisotopic (exact) mass is 414 g/mol. The maximum absolute atomic E-state index is 10.2. The van der Waals surface area contributed by atoms with Gasteiger partial charge in [0.2, 0.25) is 0 Å². The Morgan fingerprint density at radius 2 is 1.30 bits per heavy atom. The molecule has 0 saturated heterocycles. The standard InChI is InChI=1S/C12H23O.C6H5O2S.Zr/c1-2-3-4-5-6-7-8-9-10-11-12-13;7-9(8)6-4-2-1-3-5-6;/h2-11H2,1H3;1-5H;/q2*-1;+2. The molecule has 0 saturated carbocycles. The topological polar surface area (TPSA) is 51.2 Å². The van der Waals surface area contributed by atoms with E-state index in [-0.39, 0.29) is 26.2 Å². The maximum Gasteiger partial charge on any atom is 2.00 e. The summed E-state index contributed by atoms with van der Waals surface area (Å²) >= 11 is 0. The van der Waals surface area contributed by atoms with Gasteiger partial charge in [-0.1, -0.05) is 99.9 Å². The summed E-state index contributed by atoms with van der Waals surface area (Å²) in [4.78, 5) is 10.2. The summed E-state index contributed by atoms with van der Waals surface area (Å²) in [5.74, 6) is 0. The molecule has 0 fully saturated rings. The van der Waals surface area contributed by atoms with Crippen LogP contribution < -0.4 is 0 Å². The summed E-state index contributed by atoms with van der Waals surface area (Å²) in [6, 6.07) is 8.23. The van der Waals surface area contributed by atoms with Crippen molar-refractivity contribution in [1.29, 1.82) is 0 Å². The number of benzene rings is 1. The van der Waals surface area contributed by atoms with E-state index in [0.717, 1.165) is 6.42 Å². The quantitative estimate of drug-likeness (QED) is 0.277. The van der Waals surface area contributed by atoms with Crippen molar-refractivity contribution in [2.45, 2.75) is 76.0 Å². The molecular formula is C18H28O3SZr. The van der Waals surface area contributed by atoms with Gasteiger partial charge in [0.1, 0.15) is 0 Å². The van der Waals surface area contributed by atoms with Gasteiger partial charge in [-0.2, -0.15) is 6.42 Å². The molecule has 1 rings (SSSR count). The van der Waals surface area contributed by atoms with E-state index in [2.05, 4.69) is 6.92 Å². The Morgan fingerprint density at radius 3 is 1.70 bits per heavy atom. The Bertz CT molecular complexity index is 425. The Hall–Kier alpha value is -0.277. The molecular weight excluding hydrogens is 387 g/mol. The summed E-state index contributed by atoms with van der Waals surface area (Å²) in [6.45, 7) is 2.25. The third kappa shape index (κ3) is 17.9. The molecule has 1 aromatic rings. The molecule has 0 heterocycles. The van der Waals surface area contributed by atoms with Crippen molar-refractivity contribution < 1.29 is 39.4 Å². The van der Waals surface area contributed by atoms with Crippen LogP contribution in [0.4, 0.5) is 0 Å². The largest absolute Gasteiger partial charge is 2.00 e. The number of carbonyl (C=O) groups excluding carboxylic acids is 1. The summed E-state index contributed by atoms with van der Waals surface area (Å²) in [5.41, 5.74) is 0. The Morgan fingerprint density at radius 1 is 0.826 bits per heavy atom. The van der Waals surface area contributed by atoms with Gasteiger partial charge in [-0.3, -0.25) is 6.29 Å². The molecule has 0 unspecified atom stereocenters. The maximum atomic E-state index is 10.2. The van der Waals surface area contributed by atoms with Gasteiger partial charge in [-0.25, -0.2) is 0 Å². The van der Waals surface area contributed by atoms with E-state index in [1.807, 2.05) is 6.29 Å². The Kier molecular flexibility index (Phi) is 21.5. The fourth-order valence-corrected chi connectivity index (χ4v) is 2.42. The molecule has 0 bridgehead atoms. The zero-order valence-electron chi connectivity index (χ0n) is 14.1. The normalized spacial score (nSPS) is 9.65. The first kappa shape index (κ1) is 25.0. The average Bonchev–Trinajstić information content (AvgIpc) is 2.55. The van der Waals surface area contributed by atoms with Gasteiger partial charge in [0.25, 0.3) is 0 Å². The third-order valence-electron chi connectivity index (χ3n) is 3.32. The van der Waals surface area contributed by atoms with Crippen LogP contribution in [0.2, 0.25) is 0 Å². The summed E-state index contributed by atoms with van der Waals surface area (Å²) in [7, 11) is -2.08. The number of hydrogen-bond donors (Lipinski definition) is 0. The molecule has 23 heavy (non-hydrogen) atoms. The molecule has 3 nitrogen and oxygen atoms in total. The van der Waals surface area contributed by atoms with Crippen LogP contribution in [-0.4, -0.2) is 6.29 Å². The van der Waals surface area contributed by atoms with Crippen molar-refractivity contribution >= 4 is 17.0 Å². The molecule has 128 valence electrons. The molecule has 0 atom stereocenters. The molecule has 0 amide bonds. The van der Waals surface area contributed by atoms with Gasteiger partial charge in [-0.15, -0.1) is 0 Å². The molecule has 0 spiro atoms. The van der Waals surface area contributed by atoms with Gasteiger partial charge in [0.15, 0.2) is 0 Å². The summed E-state index contributed by atoms with van der Waals surface area (Å²) in [5, 5.41) is 0. The third-order valence-corrected chi connectivity index (χ3v) is 3.98. The van der Waals surface area contributed by atoms with E-state index in [4.69, 9.17) is 0 Å². The van der Waals surface area contributed by atoms with Gasteiger partial charge < -0.3 is 13.2 Å². The first-order chi connectivity index (χ1) is 10.7. The molecule has 0 N–H and O–H groups in total. The Balaban J connectivity index is 0. The number of unbranched alkanes of at least 4 members (excludes halogenated alkanes) is 9. The molecule has 0 aliphatic carbocycles. The van der Waals surface area contributed by atoms with Crippen LogP contribution in [0.15, 0.2) is 35.2 Å². The van der Waals surface area contributed by atoms with Crippen molar-refractivity contribution in [2.24, 2.45) is 0 Å². The minimum absolute atomic E-state index is 0. The SMILES string of the molecule is CCCCCCCCCCC[C-]=O.O=[S-](=O)c1ccccc1.[Zr+2]. The minimum atomic E-state index is -2.08. The van der Waals surface area contributed by atoms with Gasteiger partial charge in [0.05, 0.1) is 0 Å². The first-order valence-corrected chi connectivity index (χ1v) is 9.29. The van der Waals surface area contributed by atoms with Gasteiger partial charge in [-0.05, 0) is 10.7 Å². The molecule has 0 aliphatic rings. The average molecular weight is 416 g/mol. The van der Waals surface area contributed by atoms with E-state index in [9.17, 15) is 13.2 Å². The van der Waals surface area contributed by atoms with Crippen molar-refractivity contribution in [2.75, 3.05) is 0 Å². The van der Waals surface area contributed by atoms with Crippen LogP contribution in [0.5, 0.6) is 0 Å². The van der Waals surface area contributed by atoms with E-state index < -0.39 is 10.7 Å².